The predicted octanol–water partition coefficient (Wildman–Crippen LogP) is 4.75. The molecule has 3 aromatic carbocycles. The number of nitrogens with one attached hydrogen (secondary N) is 1. The van der Waals surface area contributed by atoms with Crippen LogP contribution in [0.25, 0.3) is 11.1 Å². The van der Waals surface area contributed by atoms with E-state index in [-0.39, 0.29) is 22.2 Å². The van der Waals surface area contributed by atoms with E-state index < -0.39 is 5.41 Å². The number of carbonyl (C=O) groups excluding carboxylic acids is 1. The molecule has 0 saturated heterocycles. The minimum Gasteiger partial charge on any atom is -0.496 e. The van der Waals surface area contributed by atoms with Gasteiger partial charge in [-0.15, -0.1) is 0 Å². The number of aliphatic hydroxyl groups excluding tert-OH is 1. The van der Waals surface area contributed by atoms with Gasteiger partial charge in [-0.05, 0) is 59.9 Å². The highest BCUT2D eigenvalue weighted by atomic mass is 16.7. The Balaban J connectivity index is 0.00000153. The molecule has 1 heterocycles. The maximum atomic E-state index is 13.2. The van der Waals surface area contributed by atoms with Crippen LogP contribution in [0.1, 0.15) is 26.8 Å². The molecule has 1 fully saturated rings. The molecule has 1 aliphatic heterocycles. The van der Waals surface area contributed by atoms with Crippen LogP contribution in [0.4, 0.5) is 5.69 Å². The molecule has 0 unspecified atom stereocenters. The zero-order valence-corrected chi connectivity index (χ0v) is 17.2. The van der Waals surface area contributed by atoms with Crippen LogP contribution < -0.4 is 19.5 Å². The molecule has 3 aromatic rings. The fourth-order valence-corrected chi connectivity index (χ4v) is 4.02. The molecule has 31 heavy (non-hydrogen) atoms. The van der Waals surface area contributed by atoms with Gasteiger partial charge in [0.2, 0.25) is 12.7 Å². The Morgan fingerprint density at radius 1 is 1.06 bits per heavy atom. The van der Waals surface area contributed by atoms with Crippen LogP contribution in [0.2, 0.25) is 0 Å². The number of fused-ring (bicyclic) bond motifs is 1. The number of amides is 1. The summed E-state index contributed by atoms with van der Waals surface area (Å²) in [5, 5.41) is 12.4. The maximum Gasteiger partial charge on any atom is 0.235 e. The largest absolute Gasteiger partial charge is 0.496 e. The van der Waals surface area contributed by atoms with Crippen LogP contribution in [0, 0.1) is 0 Å². The third kappa shape index (κ3) is 3.49. The van der Waals surface area contributed by atoms with Crippen molar-refractivity contribution in [2.45, 2.75) is 24.9 Å². The SMILES string of the molecule is COc1ccc(NC(=O)C2(c3ccc4c(c3)OCO4)CC2)cc1-c1ccc(CO)cc1.[HH].[HH]. The summed E-state index contributed by atoms with van der Waals surface area (Å²) in [6, 6.07) is 19.0. The number of aliphatic hydroxyl groups is 1. The van der Waals surface area contributed by atoms with E-state index in [2.05, 4.69) is 5.32 Å². The molecule has 0 spiro atoms. The zero-order valence-electron chi connectivity index (χ0n) is 17.2. The fourth-order valence-electron chi connectivity index (χ4n) is 4.02. The molecule has 5 rings (SSSR count). The monoisotopic (exact) mass is 421 g/mol. The van der Waals surface area contributed by atoms with Crippen molar-refractivity contribution >= 4 is 11.6 Å². The normalized spacial score (nSPS) is 15.4. The van der Waals surface area contributed by atoms with Crippen LogP contribution in [0.3, 0.4) is 0 Å². The van der Waals surface area contributed by atoms with Gasteiger partial charge in [0.15, 0.2) is 11.5 Å². The second-order valence-electron chi connectivity index (χ2n) is 7.87. The van der Waals surface area contributed by atoms with Gasteiger partial charge in [0.05, 0.1) is 19.1 Å². The summed E-state index contributed by atoms with van der Waals surface area (Å²) in [7, 11) is 1.62. The first-order valence-corrected chi connectivity index (χ1v) is 10.2. The standard InChI is InChI=1S/C25H23NO5.2H2/c1-29-21-9-7-19(13-20(21)17-4-2-16(14-27)3-5-17)26-24(28)25(10-11-25)18-6-8-22-23(12-18)31-15-30-22;;/h2-9,12-13,27H,10-11,14-15H2,1H3,(H,26,28);2*1H. The first-order valence-electron chi connectivity index (χ1n) is 10.2. The Morgan fingerprint density at radius 3 is 2.55 bits per heavy atom. The summed E-state index contributed by atoms with van der Waals surface area (Å²) in [6.07, 6.45) is 1.59. The van der Waals surface area contributed by atoms with Crippen molar-refractivity contribution in [3.63, 3.8) is 0 Å². The maximum absolute atomic E-state index is 13.2. The summed E-state index contributed by atoms with van der Waals surface area (Å²) < 4.78 is 16.4. The Labute approximate surface area is 183 Å². The highest BCUT2D eigenvalue weighted by Crippen LogP contribution is 2.51. The van der Waals surface area contributed by atoms with Crippen molar-refractivity contribution in [2.24, 2.45) is 0 Å². The second kappa shape index (κ2) is 7.63. The first-order chi connectivity index (χ1) is 15.1. The van der Waals surface area contributed by atoms with Gasteiger partial charge >= 0.3 is 0 Å². The molecule has 162 valence electrons. The Kier molecular flexibility index (Phi) is 4.79. The summed E-state index contributed by atoms with van der Waals surface area (Å²) in [5.41, 5.74) is 3.78. The van der Waals surface area contributed by atoms with Gasteiger partial charge in [-0.1, -0.05) is 30.3 Å². The summed E-state index contributed by atoms with van der Waals surface area (Å²) in [5.74, 6) is 2.09. The number of hydrogen-bond acceptors (Lipinski definition) is 5. The lowest BCUT2D eigenvalue weighted by molar-refractivity contribution is -0.118. The van der Waals surface area contributed by atoms with E-state index in [0.717, 1.165) is 35.1 Å². The topological polar surface area (TPSA) is 77.0 Å². The van der Waals surface area contributed by atoms with Crippen molar-refractivity contribution in [2.75, 3.05) is 19.2 Å². The van der Waals surface area contributed by atoms with Crippen molar-refractivity contribution < 1.29 is 27.0 Å². The number of hydrogen-bond donors (Lipinski definition) is 2. The van der Waals surface area contributed by atoms with E-state index >= 15 is 0 Å². The lowest BCUT2D eigenvalue weighted by atomic mass is 9.94. The van der Waals surface area contributed by atoms with E-state index in [1.807, 2.05) is 60.7 Å². The fraction of sp³-hybridized carbons (Fsp3) is 0.240. The van der Waals surface area contributed by atoms with Crippen LogP contribution in [0.15, 0.2) is 60.7 Å². The average molecular weight is 421 g/mol. The molecule has 2 aliphatic rings. The summed E-state index contributed by atoms with van der Waals surface area (Å²) in [6.45, 7) is 0.210. The van der Waals surface area contributed by atoms with Gasteiger partial charge in [-0.25, -0.2) is 0 Å². The molecule has 1 aliphatic carbocycles. The highest BCUT2D eigenvalue weighted by molar-refractivity contribution is 6.02. The number of benzene rings is 3. The molecule has 0 bridgehead atoms. The van der Waals surface area contributed by atoms with Gasteiger partial charge in [0, 0.05) is 14.1 Å². The number of ether oxygens (including phenoxy) is 3. The van der Waals surface area contributed by atoms with Gasteiger partial charge in [-0.2, -0.15) is 0 Å². The smallest absolute Gasteiger partial charge is 0.235 e. The van der Waals surface area contributed by atoms with Crippen LogP contribution in [0.5, 0.6) is 17.2 Å². The lowest BCUT2D eigenvalue weighted by Gasteiger charge is -2.18. The summed E-state index contributed by atoms with van der Waals surface area (Å²) >= 11 is 0. The van der Waals surface area contributed by atoms with Gasteiger partial charge in [0.1, 0.15) is 5.75 Å². The molecule has 0 atom stereocenters. The van der Waals surface area contributed by atoms with Gasteiger partial charge < -0.3 is 24.6 Å². The van der Waals surface area contributed by atoms with Crippen LogP contribution in [-0.2, 0) is 16.8 Å². The Bertz CT molecular complexity index is 1150. The van der Waals surface area contributed by atoms with E-state index in [4.69, 9.17) is 14.2 Å². The highest BCUT2D eigenvalue weighted by Gasteiger charge is 2.51. The summed E-state index contributed by atoms with van der Waals surface area (Å²) in [4.78, 5) is 13.2. The Morgan fingerprint density at radius 2 is 1.84 bits per heavy atom. The minimum atomic E-state index is -0.538. The molecule has 6 nitrogen and oxygen atoms in total. The minimum absolute atomic E-state index is 0. The van der Waals surface area contributed by atoms with Crippen molar-refractivity contribution in [1.82, 2.24) is 0 Å². The lowest BCUT2D eigenvalue weighted by Crippen LogP contribution is -2.27. The predicted molar refractivity (Wildman–Crippen MR) is 121 cm³/mol. The van der Waals surface area contributed by atoms with Crippen LogP contribution >= 0.6 is 0 Å². The van der Waals surface area contributed by atoms with Gasteiger partial charge in [-0.3, -0.25) is 4.79 Å². The third-order valence-corrected chi connectivity index (χ3v) is 6.01. The molecule has 2 N–H and O–H groups in total. The van der Waals surface area contributed by atoms with Crippen molar-refractivity contribution in [3.05, 3.63) is 71.8 Å². The van der Waals surface area contributed by atoms with Crippen molar-refractivity contribution in [1.29, 1.82) is 0 Å². The third-order valence-electron chi connectivity index (χ3n) is 6.01. The van der Waals surface area contributed by atoms with E-state index in [1.54, 1.807) is 7.11 Å². The molecule has 0 aromatic heterocycles. The van der Waals surface area contributed by atoms with E-state index in [1.165, 1.54) is 0 Å². The van der Waals surface area contributed by atoms with E-state index in [0.29, 0.717) is 22.9 Å². The average Bonchev–Trinajstić information content (AvgIpc) is 3.50. The number of anilines is 1. The molecule has 0 radical (unpaired) electrons. The molecule has 1 amide bonds. The number of methoxy groups -OCH3 is 1. The molecular formula is C25H27NO5. The van der Waals surface area contributed by atoms with Crippen LogP contribution in [-0.4, -0.2) is 24.9 Å². The van der Waals surface area contributed by atoms with Crippen molar-refractivity contribution in [3.8, 4) is 28.4 Å². The Hall–Kier alpha value is -3.51. The first kappa shape index (κ1) is 19.5. The quantitative estimate of drug-likeness (QED) is 0.601. The molecule has 1 saturated carbocycles. The zero-order chi connectivity index (χ0) is 21.4. The number of rotatable bonds is 6. The van der Waals surface area contributed by atoms with Gasteiger partial charge in [0.25, 0.3) is 0 Å². The second-order valence-corrected chi connectivity index (χ2v) is 7.87. The van der Waals surface area contributed by atoms with E-state index in [9.17, 15) is 9.90 Å². The molecule has 6 heteroatoms. The molecular weight excluding hydrogens is 394 g/mol. The number of carbonyl (C=O) groups is 1.